The Labute approximate surface area is 112 Å². The van der Waals surface area contributed by atoms with Crippen LogP contribution in [0.3, 0.4) is 0 Å². The normalized spacial score (nSPS) is 19.6. The third-order valence-electron chi connectivity index (χ3n) is 3.77. The largest absolute Gasteiger partial charge is 0.368 e. The van der Waals surface area contributed by atoms with Crippen LogP contribution in [0.25, 0.3) is 10.9 Å². The number of amides is 1. The molecule has 0 spiro atoms. The summed E-state index contributed by atoms with van der Waals surface area (Å²) in [6.45, 7) is 0.877. The molecule has 1 amide bonds. The van der Waals surface area contributed by atoms with Crippen LogP contribution in [0.5, 0.6) is 0 Å². The van der Waals surface area contributed by atoms with Crippen molar-refractivity contribution in [2.45, 2.75) is 25.3 Å². The van der Waals surface area contributed by atoms with Crippen LogP contribution in [0, 0.1) is 0 Å². The molecule has 0 aliphatic carbocycles. The van der Waals surface area contributed by atoms with Crippen molar-refractivity contribution in [1.29, 1.82) is 0 Å². The molecule has 3 rings (SSSR count). The molecule has 0 radical (unpaired) electrons. The molecular formula is C15H17N3O. The highest BCUT2D eigenvalue weighted by molar-refractivity contribution is 5.94. The van der Waals surface area contributed by atoms with Crippen LogP contribution >= 0.6 is 0 Å². The molecule has 1 fully saturated rings. The number of carbonyl (C=O) groups excluding carboxylic acids is 1. The molecule has 19 heavy (non-hydrogen) atoms. The zero-order valence-corrected chi connectivity index (χ0v) is 10.7. The average molecular weight is 255 g/mol. The van der Waals surface area contributed by atoms with E-state index in [1.54, 1.807) is 6.20 Å². The van der Waals surface area contributed by atoms with Crippen molar-refractivity contribution >= 4 is 22.5 Å². The number of nitrogens with two attached hydrogens (primary N) is 1. The standard InChI is InChI=1S/C15H17N3O/c16-15(19)14-7-3-4-10-18(14)13-8-9-17-12-6-2-1-5-11(12)13/h1-2,5-6,8-9,14H,3-4,7,10H2,(H2,16,19). The van der Waals surface area contributed by atoms with Gasteiger partial charge in [-0.05, 0) is 31.4 Å². The Kier molecular flexibility index (Phi) is 3.07. The molecule has 98 valence electrons. The molecular weight excluding hydrogens is 238 g/mol. The van der Waals surface area contributed by atoms with Gasteiger partial charge in [0.1, 0.15) is 6.04 Å². The number of aromatic nitrogens is 1. The van der Waals surface area contributed by atoms with Gasteiger partial charge in [0.25, 0.3) is 0 Å². The maximum absolute atomic E-state index is 11.6. The number of pyridine rings is 1. The lowest BCUT2D eigenvalue weighted by Crippen LogP contribution is -2.47. The van der Waals surface area contributed by atoms with Gasteiger partial charge in [0.2, 0.25) is 5.91 Å². The first-order chi connectivity index (χ1) is 9.27. The van der Waals surface area contributed by atoms with E-state index in [0.717, 1.165) is 42.4 Å². The third-order valence-corrected chi connectivity index (χ3v) is 3.77. The fraction of sp³-hybridized carbons (Fsp3) is 0.333. The molecule has 0 bridgehead atoms. The summed E-state index contributed by atoms with van der Waals surface area (Å²) in [5.41, 5.74) is 7.56. The van der Waals surface area contributed by atoms with Crippen LogP contribution in [0.1, 0.15) is 19.3 Å². The van der Waals surface area contributed by atoms with Crippen LogP contribution in [0.4, 0.5) is 5.69 Å². The molecule has 2 N–H and O–H groups in total. The van der Waals surface area contributed by atoms with Crippen LogP contribution < -0.4 is 10.6 Å². The minimum atomic E-state index is -0.236. The lowest BCUT2D eigenvalue weighted by molar-refractivity contribution is -0.119. The minimum Gasteiger partial charge on any atom is -0.368 e. The summed E-state index contributed by atoms with van der Waals surface area (Å²) in [7, 11) is 0. The van der Waals surface area contributed by atoms with E-state index in [1.165, 1.54) is 0 Å². The number of fused-ring (bicyclic) bond motifs is 1. The van der Waals surface area contributed by atoms with Gasteiger partial charge in [-0.3, -0.25) is 9.78 Å². The number of para-hydroxylation sites is 1. The lowest BCUT2D eigenvalue weighted by Gasteiger charge is -2.36. The summed E-state index contributed by atoms with van der Waals surface area (Å²) in [5, 5.41) is 1.08. The molecule has 4 heteroatoms. The topological polar surface area (TPSA) is 59.2 Å². The number of hydrogen-bond acceptors (Lipinski definition) is 3. The number of piperidine rings is 1. The first kappa shape index (κ1) is 12.0. The molecule has 2 heterocycles. The Balaban J connectivity index is 2.09. The number of nitrogens with zero attached hydrogens (tertiary/aromatic N) is 2. The van der Waals surface area contributed by atoms with E-state index in [4.69, 9.17) is 5.73 Å². The van der Waals surface area contributed by atoms with Gasteiger partial charge < -0.3 is 10.6 Å². The Bertz CT molecular complexity index is 606. The Hall–Kier alpha value is -2.10. The Morgan fingerprint density at radius 1 is 1.26 bits per heavy atom. The number of rotatable bonds is 2. The van der Waals surface area contributed by atoms with Gasteiger partial charge in [0.05, 0.1) is 5.52 Å². The summed E-state index contributed by atoms with van der Waals surface area (Å²) in [4.78, 5) is 18.1. The van der Waals surface area contributed by atoms with Gasteiger partial charge in [0.15, 0.2) is 0 Å². The minimum absolute atomic E-state index is 0.195. The maximum Gasteiger partial charge on any atom is 0.240 e. The molecule has 2 aromatic rings. The van der Waals surface area contributed by atoms with E-state index < -0.39 is 0 Å². The zero-order valence-electron chi connectivity index (χ0n) is 10.7. The molecule has 1 aliphatic rings. The van der Waals surface area contributed by atoms with Crippen LogP contribution in [0.15, 0.2) is 36.5 Å². The second kappa shape index (κ2) is 4.88. The number of primary amides is 1. The summed E-state index contributed by atoms with van der Waals surface area (Å²) >= 11 is 0. The molecule has 1 unspecified atom stereocenters. The van der Waals surface area contributed by atoms with Gasteiger partial charge in [-0.25, -0.2) is 0 Å². The smallest absolute Gasteiger partial charge is 0.240 e. The van der Waals surface area contributed by atoms with Gasteiger partial charge >= 0.3 is 0 Å². The first-order valence-corrected chi connectivity index (χ1v) is 6.67. The van der Waals surface area contributed by atoms with Crippen molar-refractivity contribution in [3.63, 3.8) is 0 Å². The Morgan fingerprint density at radius 2 is 2.11 bits per heavy atom. The van der Waals surface area contributed by atoms with Crippen LogP contribution in [-0.2, 0) is 4.79 Å². The number of hydrogen-bond donors (Lipinski definition) is 1. The fourth-order valence-corrected chi connectivity index (χ4v) is 2.85. The highest BCUT2D eigenvalue weighted by atomic mass is 16.1. The van der Waals surface area contributed by atoms with E-state index in [9.17, 15) is 4.79 Å². The fourth-order valence-electron chi connectivity index (χ4n) is 2.85. The zero-order chi connectivity index (χ0) is 13.2. The molecule has 1 aromatic heterocycles. The maximum atomic E-state index is 11.6. The highest BCUT2D eigenvalue weighted by Crippen LogP contribution is 2.30. The van der Waals surface area contributed by atoms with E-state index >= 15 is 0 Å². The number of benzene rings is 1. The SMILES string of the molecule is NC(=O)C1CCCCN1c1ccnc2ccccc12. The van der Waals surface area contributed by atoms with E-state index in [0.29, 0.717) is 0 Å². The molecule has 1 atom stereocenters. The van der Waals surface area contributed by atoms with Crippen LogP contribution in [0.2, 0.25) is 0 Å². The predicted octanol–water partition coefficient (Wildman–Crippen LogP) is 2.08. The van der Waals surface area contributed by atoms with Crippen LogP contribution in [-0.4, -0.2) is 23.5 Å². The second-order valence-corrected chi connectivity index (χ2v) is 4.95. The summed E-state index contributed by atoms with van der Waals surface area (Å²) < 4.78 is 0. The van der Waals surface area contributed by atoms with Gasteiger partial charge in [-0.1, -0.05) is 18.2 Å². The van der Waals surface area contributed by atoms with Gasteiger partial charge in [-0.15, -0.1) is 0 Å². The van der Waals surface area contributed by atoms with Gasteiger partial charge in [-0.2, -0.15) is 0 Å². The van der Waals surface area contributed by atoms with Gasteiger partial charge in [0, 0.05) is 23.8 Å². The van der Waals surface area contributed by atoms with E-state index in [-0.39, 0.29) is 11.9 Å². The monoisotopic (exact) mass is 255 g/mol. The van der Waals surface area contributed by atoms with Crippen molar-refractivity contribution in [2.24, 2.45) is 5.73 Å². The second-order valence-electron chi connectivity index (χ2n) is 4.95. The molecule has 1 aromatic carbocycles. The molecule has 0 saturated carbocycles. The van der Waals surface area contributed by atoms with E-state index in [1.807, 2.05) is 30.3 Å². The average Bonchev–Trinajstić information content (AvgIpc) is 2.46. The quantitative estimate of drug-likeness (QED) is 0.893. The van der Waals surface area contributed by atoms with Crippen molar-refractivity contribution in [2.75, 3.05) is 11.4 Å². The van der Waals surface area contributed by atoms with Crippen molar-refractivity contribution in [3.05, 3.63) is 36.5 Å². The van der Waals surface area contributed by atoms with Crippen molar-refractivity contribution in [1.82, 2.24) is 4.98 Å². The summed E-state index contributed by atoms with van der Waals surface area (Å²) in [6.07, 6.45) is 4.80. The highest BCUT2D eigenvalue weighted by Gasteiger charge is 2.27. The molecule has 4 nitrogen and oxygen atoms in total. The molecule has 1 aliphatic heterocycles. The summed E-state index contributed by atoms with van der Waals surface area (Å²) in [6, 6.07) is 9.78. The van der Waals surface area contributed by atoms with Crippen molar-refractivity contribution < 1.29 is 4.79 Å². The third kappa shape index (κ3) is 2.14. The number of anilines is 1. The first-order valence-electron chi connectivity index (χ1n) is 6.67. The summed E-state index contributed by atoms with van der Waals surface area (Å²) in [5.74, 6) is -0.236. The number of carbonyl (C=O) groups is 1. The van der Waals surface area contributed by atoms with Crippen molar-refractivity contribution in [3.8, 4) is 0 Å². The Morgan fingerprint density at radius 3 is 2.95 bits per heavy atom. The lowest BCUT2D eigenvalue weighted by atomic mass is 10.00. The molecule has 1 saturated heterocycles. The van der Waals surface area contributed by atoms with E-state index in [2.05, 4.69) is 9.88 Å². The predicted molar refractivity (Wildman–Crippen MR) is 75.9 cm³/mol.